The molecule has 2 rings (SSSR count). The van der Waals surface area contributed by atoms with Crippen LogP contribution in [0.1, 0.15) is 18.5 Å². The summed E-state index contributed by atoms with van der Waals surface area (Å²) in [4.78, 5) is 11.7. The van der Waals surface area contributed by atoms with E-state index in [2.05, 4.69) is 10.1 Å². The molecular weight excluding hydrogens is 392 g/mol. The van der Waals surface area contributed by atoms with Crippen LogP contribution in [-0.2, 0) is 14.8 Å². The normalized spacial score (nSPS) is 12.5. The molecule has 0 heterocycles. The Morgan fingerprint density at radius 3 is 2.11 bits per heavy atom. The second kappa shape index (κ2) is 7.92. The van der Waals surface area contributed by atoms with Crippen molar-refractivity contribution < 1.29 is 35.5 Å². The van der Waals surface area contributed by atoms with Crippen molar-refractivity contribution in [2.24, 2.45) is 5.14 Å². The highest BCUT2D eigenvalue weighted by Gasteiger charge is 2.21. The summed E-state index contributed by atoms with van der Waals surface area (Å²) >= 11 is 0. The van der Waals surface area contributed by atoms with Crippen LogP contribution >= 0.6 is 0 Å². The van der Waals surface area contributed by atoms with E-state index in [0.717, 1.165) is 0 Å². The minimum atomic E-state index is -3.86. The van der Waals surface area contributed by atoms with E-state index in [1.807, 2.05) is 0 Å². The Kier molecular flexibility index (Phi) is 6.06. The summed E-state index contributed by atoms with van der Waals surface area (Å²) in [6, 6.07) is 4.69. The van der Waals surface area contributed by atoms with E-state index in [1.165, 1.54) is 24.3 Å². The van der Waals surface area contributed by atoms with Crippen LogP contribution in [0.4, 0.5) is 17.6 Å². The van der Waals surface area contributed by atoms with E-state index in [9.17, 15) is 30.8 Å². The molecule has 2 aromatic rings. The van der Waals surface area contributed by atoms with Crippen molar-refractivity contribution >= 4 is 15.9 Å². The van der Waals surface area contributed by atoms with E-state index in [4.69, 9.17) is 5.14 Å². The molecule has 0 bridgehead atoms. The van der Waals surface area contributed by atoms with E-state index in [-0.39, 0.29) is 11.0 Å². The first kappa shape index (κ1) is 20.6. The highest BCUT2D eigenvalue weighted by molar-refractivity contribution is 7.89. The van der Waals surface area contributed by atoms with Gasteiger partial charge in [0, 0.05) is 6.07 Å². The molecule has 0 spiro atoms. The molecule has 1 amide bonds. The number of sulfonamides is 1. The van der Waals surface area contributed by atoms with E-state index < -0.39 is 57.6 Å². The molecule has 0 aliphatic rings. The maximum atomic E-state index is 13.5. The van der Waals surface area contributed by atoms with Gasteiger partial charge in [-0.2, -0.15) is 8.78 Å². The van der Waals surface area contributed by atoms with Gasteiger partial charge in [-0.1, -0.05) is 12.1 Å². The van der Waals surface area contributed by atoms with Crippen LogP contribution in [0.15, 0.2) is 35.2 Å². The van der Waals surface area contributed by atoms with Gasteiger partial charge in [-0.3, -0.25) is 4.79 Å². The molecule has 0 aliphatic heterocycles. The van der Waals surface area contributed by atoms with Gasteiger partial charge in [0.1, 0.15) is 0 Å². The highest BCUT2D eigenvalue weighted by atomic mass is 32.2. The van der Waals surface area contributed by atoms with Crippen molar-refractivity contribution in [3.05, 3.63) is 59.2 Å². The fraction of sp³-hybridized carbons (Fsp3) is 0.188. The lowest BCUT2D eigenvalue weighted by Crippen LogP contribution is -2.31. The Labute approximate surface area is 152 Å². The second-order valence-electron chi connectivity index (χ2n) is 5.49. The van der Waals surface area contributed by atoms with Crippen LogP contribution in [0.2, 0.25) is 0 Å². The van der Waals surface area contributed by atoms with Gasteiger partial charge in [-0.15, -0.1) is 0 Å². The maximum Gasteiger partial charge on any atom is 0.258 e. The van der Waals surface area contributed by atoms with Crippen LogP contribution in [0.5, 0.6) is 5.75 Å². The third-order valence-electron chi connectivity index (χ3n) is 3.51. The summed E-state index contributed by atoms with van der Waals surface area (Å²) in [6.07, 6.45) is 0. The Bertz CT molecular complexity index is 939. The van der Waals surface area contributed by atoms with Crippen molar-refractivity contribution in [1.29, 1.82) is 0 Å². The van der Waals surface area contributed by atoms with E-state index in [1.54, 1.807) is 6.92 Å². The fourth-order valence-corrected chi connectivity index (χ4v) is 2.64. The first-order valence-electron chi connectivity index (χ1n) is 7.38. The van der Waals surface area contributed by atoms with Gasteiger partial charge in [0.25, 0.3) is 5.91 Å². The van der Waals surface area contributed by atoms with Gasteiger partial charge >= 0.3 is 0 Å². The SMILES string of the molecule is C[C@@H](NC(=O)COc1c(F)c(F)cc(F)c1F)c1ccc(S(N)(=O)=O)cc1. The molecule has 3 N–H and O–H groups in total. The molecule has 0 unspecified atom stereocenters. The van der Waals surface area contributed by atoms with Crippen molar-refractivity contribution in [2.45, 2.75) is 17.9 Å². The number of carbonyl (C=O) groups is 1. The zero-order valence-corrected chi connectivity index (χ0v) is 14.6. The number of benzene rings is 2. The van der Waals surface area contributed by atoms with Gasteiger partial charge in [-0.05, 0) is 24.6 Å². The van der Waals surface area contributed by atoms with Crippen LogP contribution in [0, 0.1) is 23.3 Å². The molecule has 11 heteroatoms. The topological polar surface area (TPSA) is 98.5 Å². The van der Waals surface area contributed by atoms with Crippen LogP contribution in [-0.4, -0.2) is 20.9 Å². The number of rotatable bonds is 6. The van der Waals surface area contributed by atoms with Crippen LogP contribution in [0.3, 0.4) is 0 Å². The quantitative estimate of drug-likeness (QED) is 0.567. The number of primary sulfonamides is 1. The zero-order chi connectivity index (χ0) is 20.4. The predicted molar refractivity (Wildman–Crippen MR) is 86.1 cm³/mol. The Hall–Kier alpha value is -2.66. The summed E-state index contributed by atoms with van der Waals surface area (Å²) < 4.78 is 80.0. The summed E-state index contributed by atoms with van der Waals surface area (Å²) in [7, 11) is -3.86. The third-order valence-corrected chi connectivity index (χ3v) is 4.43. The number of carbonyl (C=O) groups excluding carboxylic acids is 1. The fourth-order valence-electron chi connectivity index (χ4n) is 2.13. The Morgan fingerprint density at radius 1 is 1.11 bits per heavy atom. The highest BCUT2D eigenvalue weighted by Crippen LogP contribution is 2.26. The van der Waals surface area contributed by atoms with Gasteiger partial charge in [0.05, 0.1) is 10.9 Å². The monoisotopic (exact) mass is 406 g/mol. The minimum Gasteiger partial charge on any atom is -0.477 e. The number of nitrogens with one attached hydrogen (secondary N) is 1. The molecule has 146 valence electrons. The zero-order valence-electron chi connectivity index (χ0n) is 13.8. The number of hydrogen-bond acceptors (Lipinski definition) is 4. The van der Waals surface area contributed by atoms with Crippen molar-refractivity contribution in [1.82, 2.24) is 5.32 Å². The number of amides is 1. The molecule has 1 atom stereocenters. The number of ether oxygens (including phenoxy) is 1. The second-order valence-corrected chi connectivity index (χ2v) is 7.05. The first-order valence-corrected chi connectivity index (χ1v) is 8.93. The van der Waals surface area contributed by atoms with Crippen LogP contribution < -0.4 is 15.2 Å². The standard InChI is InChI=1S/C16H14F4N2O4S/c1-8(9-2-4-10(5-3-9)27(21,24)25)22-13(23)7-26-16-14(19)11(17)6-12(18)15(16)20/h2-6,8H,7H2,1H3,(H,22,23)(H2,21,24,25)/t8-/m1/s1. The molecule has 0 saturated heterocycles. The number of hydrogen-bond donors (Lipinski definition) is 2. The molecule has 0 fully saturated rings. The maximum absolute atomic E-state index is 13.5. The molecule has 6 nitrogen and oxygen atoms in total. The van der Waals surface area contributed by atoms with E-state index >= 15 is 0 Å². The number of nitrogens with two attached hydrogens (primary N) is 1. The smallest absolute Gasteiger partial charge is 0.258 e. The van der Waals surface area contributed by atoms with Crippen molar-refractivity contribution in [3.8, 4) is 5.75 Å². The molecule has 2 aromatic carbocycles. The molecule has 0 radical (unpaired) electrons. The van der Waals surface area contributed by atoms with Gasteiger partial charge < -0.3 is 10.1 Å². The van der Waals surface area contributed by atoms with Gasteiger partial charge in [0.15, 0.2) is 24.0 Å². The lowest BCUT2D eigenvalue weighted by atomic mass is 10.1. The first-order chi connectivity index (χ1) is 12.5. The third kappa shape index (κ3) is 4.95. The van der Waals surface area contributed by atoms with E-state index in [0.29, 0.717) is 5.56 Å². The van der Waals surface area contributed by atoms with Gasteiger partial charge in [0.2, 0.25) is 21.7 Å². The largest absolute Gasteiger partial charge is 0.477 e. The summed E-state index contributed by atoms with van der Waals surface area (Å²) in [5.74, 6) is -9.00. The Balaban J connectivity index is 2.02. The summed E-state index contributed by atoms with van der Waals surface area (Å²) in [5.41, 5.74) is 0.505. The summed E-state index contributed by atoms with van der Waals surface area (Å²) in [6.45, 7) is 0.642. The lowest BCUT2D eigenvalue weighted by molar-refractivity contribution is -0.123. The predicted octanol–water partition coefficient (Wildman–Crippen LogP) is 2.15. The molecule has 0 aliphatic carbocycles. The van der Waals surface area contributed by atoms with Crippen molar-refractivity contribution in [2.75, 3.05) is 6.61 Å². The average Bonchev–Trinajstić information content (AvgIpc) is 2.59. The average molecular weight is 406 g/mol. The van der Waals surface area contributed by atoms with Crippen molar-refractivity contribution in [3.63, 3.8) is 0 Å². The lowest BCUT2D eigenvalue weighted by Gasteiger charge is -2.15. The number of halogens is 4. The molecular formula is C16H14F4N2O4S. The van der Waals surface area contributed by atoms with Gasteiger partial charge in [-0.25, -0.2) is 22.3 Å². The molecule has 0 aromatic heterocycles. The Morgan fingerprint density at radius 2 is 1.63 bits per heavy atom. The van der Waals surface area contributed by atoms with Crippen LogP contribution in [0.25, 0.3) is 0 Å². The molecule has 0 saturated carbocycles. The summed E-state index contributed by atoms with van der Waals surface area (Å²) in [5, 5.41) is 7.39. The minimum absolute atomic E-state index is 0.0187. The molecule has 27 heavy (non-hydrogen) atoms.